The van der Waals surface area contributed by atoms with Crippen molar-refractivity contribution in [2.45, 2.75) is 13.0 Å². The summed E-state index contributed by atoms with van der Waals surface area (Å²) in [6, 6.07) is 5.83. The molecule has 142 valence electrons. The van der Waals surface area contributed by atoms with Gasteiger partial charge in [-0.15, -0.1) is 0 Å². The normalized spacial score (nSPS) is 11.2. The van der Waals surface area contributed by atoms with Gasteiger partial charge in [-0.2, -0.15) is 5.10 Å². The van der Waals surface area contributed by atoms with Crippen LogP contribution in [0.3, 0.4) is 0 Å². The molecule has 0 saturated carbocycles. The number of methoxy groups -OCH3 is 3. The largest absolute Gasteiger partial charge is 0.493 e. The van der Waals surface area contributed by atoms with E-state index >= 15 is 0 Å². The lowest BCUT2D eigenvalue weighted by atomic mass is 10.1. The zero-order valence-corrected chi connectivity index (χ0v) is 16.0. The first-order valence-corrected chi connectivity index (χ1v) is 8.33. The zero-order chi connectivity index (χ0) is 18.9. The fraction of sp³-hybridized carbons (Fsp3) is 0.444. The fourth-order valence-corrected chi connectivity index (χ4v) is 2.65. The Balaban J connectivity index is 1.94. The maximum atomic E-state index is 5.52. The molecule has 0 aliphatic carbocycles. The molecule has 0 unspecified atom stereocenters. The predicted molar refractivity (Wildman–Crippen MR) is 101 cm³/mol. The average molecular weight is 361 g/mol. The summed E-state index contributed by atoms with van der Waals surface area (Å²) >= 11 is 0. The first kappa shape index (κ1) is 19.4. The number of aliphatic imine (C=N–C) groups is 1. The van der Waals surface area contributed by atoms with E-state index in [0.717, 1.165) is 23.6 Å². The van der Waals surface area contributed by atoms with Crippen molar-refractivity contribution in [1.82, 2.24) is 20.4 Å². The minimum atomic E-state index is 0.603. The van der Waals surface area contributed by atoms with Crippen LogP contribution in [0.2, 0.25) is 0 Å². The van der Waals surface area contributed by atoms with Gasteiger partial charge >= 0.3 is 0 Å². The number of benzene rings is 1. The van der Waals surface area contributed by atoms with E-state index < -0.39 is 0 Å². The van der Waals surface area contributed by atoms with Crippen molar-refractivity contribution in [3.8, 4) is 17.2 Å². The van der Waals surface area contributed by atoms with E-state index in [1.165, 1.54) is 0 Å². The van der Waals surface area contributed by atoms with Crippen molar-refractivity contribution in [3.63, 3.8) is 0 Å². The molecule has 0 aliphatic rings. The maximum absolute atomic E-state index is 5.52. The Bertz CT molecular complexity index is 742. The lowest BCUT2D eigenvalue weighted by Crippen LogP contribution is -2.38. The van der Waals surface area contributed by atoms with E-state index in [-0.39, 0.29) is 0 Å². The first-order valence-electron chi connectivity index (χ1n) is 8.33. The third-order valence-corrected chi connectivity index (χ3v) is 4.06. The van der Waals surface area contributed by atoms with Crippen LogP contribution in [0.5, 0.6) is 17.2 Å². The number of rotatable bonds is 8. The smallest absolute Gasteiger partial charge is 0.203 e. The fourth-order valence-electron chi connectivity index (χ4n) is 2.65. The number of hydrogen-bond acceptors (Lipinski definition) is 5. The SMILES string of the molecule is CN=C(NCCc1ccc(OC)c(OC)c1OC)NCc1ccnn1C. The van der Waals surface area contributed by atoms with E-state index in [1.54, 1.807) is 34.6 Å². The Labute approximate surface area is 154 Å². The molecule has 8 heteroatoms. The van der Waals surface area contributed by atoms with Crippen LogP contribution in [0.1, 0.15) is 11.3 Å². The third-order valence-electron chi connectivity index (χ3n) is 4.06. The molecule has 0 spiro atoms. The predicted octanol–water partition coefficient (Wildman–Crippen LogP) is 1.35. The van der Waals surface area contributed by atoms with Crippen LogP contribution in [0.25, 0.3) is 0 Å². The molecule has 0 saturated heterocycles. The van der Waals surface area contributed by atoms with Crippen molar-refractivity contribution >= 4 is 5.96 Å². The number of hydrogen-bond donors (Lipinski definition) is 2. The van der Waals surface area contributed by atoms with Crippen molar-refractivity contribution in [1.29, 1.82) is 0 Å². The molecule has 8 nitrogen and oxygen atoms in total. The Morgan fingerprint density at radius 1 is 1.08 bits per heavy atom. The number of guanidine groups is 1. The Hall–Kier alpha value is -2.90. The molecule has 0 atom stereocenters. The van der Waals surface area contributed by atoms with Gasteiger partial charge < -0.3 is 24.8 Å². The number of nitrogens with one attached hydrogen (secondary N) is 2. The zero-order valence-electron chi connectivity index (χ0n) is 16.0. The summed E-state index contributed by atoms with van der Waals surface area (Å²) < 4.78 is 18.1. The standard InChI is InChI=1S/C18H27N5O3/c1-19-18(21-12-14-9-11-22-23(14)2)20-10-8-13-6-7-15(24-3)17(26-5)16(13)25-4/h6-7,9,11H,8,10,12H2,1-5H3,(H2,19,20,21). The monoisotopic (exact) mass is 361 g/mol. The molecule has 1 aromatic carbocycles. The van der Waals surface area contributed by atoms with E-state index in [1.807, 2.05) is 29.9 Å². The summed E-state index contributed by atoms with van der Waals surface area (Å²) in [5.41, 5.74) is 2.11. The van der Waals surface area contributed by atoms with Crippen LogP contribution >= 0.6 is 0 Å². The second kappa shape index (κ2) is 9.55. The van der Waals surface area contributed by atoms with E-state index in [2.05, 4.69) is 20.7 Å². The molecule has 0 aliphatic heterocycles. The average Bonchev–Trinajstić information content (AvgIpc) is 3.08. The van der Waals surface area contributed by atoms with Crippen LogP contribution < -0.4 is 24.8 Å². The van der Waals surface area contributed by atoms with Crippen LogP contribution in [0.15, 0.2) is 29.4 Å². The van der Waals surface area contributed by atoms with Gasteiger partial charge in [-0.1, -0.05) is 6.07 Å². The molecule has 2 aromatic rings. The second-order valence-electron chi connectivity index (χ2n) is 5.54. The molecule has 0 amide bonds. The lowest BCUT2D eigenvalue weighted by Gasteiger charge is -2.16. The summed E-state index contributed by atoms with van der Waals surface area (Å²) in [6.07, 6.45) is 2.52. The quantitative estimate of drug-likeness (QED) is 0.546. The van der Waals surface area contributed by atoms with Gasteiger partial charge in [0.2, 0.25) is 5.75 Å². The molecule has 0 bridgehead atoms. The topological polar surface area (TPSA) is 81.9 Å². The molecular formula is C18H27N5O3. The second-order valence-corrected chi connectivity index (χ2v) is 5.54. The summed E-state index contributed by atoms with van der Waals surface area (Å²) in [5, 5.41) is 10.7. The Morgan fingerprint density at radius 3 is 2.42 bits per heavy atom. The van der Waals surface area contributed by atoms with Gasteiger partial charge in [0, 0.05) is 32.4 Å². The van der Waals surface area contributed by atoms with Crippen molar-refractivity contribution in [3.05, 3.63) is 35.7 Å². The number of aryl methyl sites for hydroxylation is 1. The van der Waals surface area contributed by atoms with Crippen LogP contribution in [-0.4, -0.2) is 50.7 Å². The summed E-state index contributed by atoms with van der Waals surface area (Å²) in [4.78, 5) is 4.24. The summed E-state index contributed by atoms with van der Waals surface area (Å²) in [6.45, 7) is 1.34. The van der Waals surface area contributed by atoms with Gasteiger partial charge in [-0.25, -0.2) is 0 Å². The highest BCUT2D eigenvalue weighted by molar-refractivity contribution is 5.79. The van der Waals surface area contributed by atoms with Gasteiger partial charge in [0.1, 0.15) is 0 Å². The summed E-state index contributed by atoms with van der Waals surface area (Å²) in [7, 11) is 8.50. The molecule has 1 aromatic heterocycles. The number of aromatic nitrogens is 2. The number of nitrogens with zero attached hydrogens (tertiary/aromatic N) is 3. The van der Waals surface area contributed by atoms with Gasteiger partial charge in [0.15, 0.2) is 17.5 Å². The van der Waals surface area contributed by atoms with Gasteiger partial charge in [-0.3, -0.25) is 9.67 Å². The summed E-state index contributed by atoms with van der Waals surface area (Å²) in [5.74, 6) is 2.66. The Morgan fingerprint density at radius 2 is 1.85 bits per heavy atom. The van der Waals surface area contributed by atoms with Crippen molar-refractivity contribution < 1.29 is 14.2 Å². The minimum Gasteiger partial charge on any atom is -0.493 e. The van der Waals surface area contributed by atoms with Crippen LogP contribution in [0.4, 0.5) is 0 Å². The van der Waals surface area contributed by atoms with Gasteiger partial charge in [0.25, 0.3) is 0 Å². The Kier molecular flexibility index (Phi) is 7.13. The van der Waals surface area contributed by atoms with E-state index in [0.29, 0.717) is 30.3 Å². The van der Waals surface area contributed by atoms with Crippen LogP contribution in [-0.2, 0) is 20.0 Å². The van der Waals surface area contributed by atoms with Gasteiger partial charge in [0.05, 0.1) is 33.6 Å². The lowest BCUT2D eigenvalue weighted by molar-refractivity contribution is 0.322. The molecule has 2 N–H and O–H groups in total. The molecule has 0 radical (unpaired) electrons. The highest BCUT2D eigenvalue weighted by Gasteiger charge is 2.15. The minimum absolute atomic E-state index is 0.603. The highest BCUT2D eigenvalue weighted by atomic mass is 16.5. The molecule has 2 rings (SSSR count). The molecule has 26 heavy (non-hydrogen) atoms. The van der Waals surface area contributed by atoms with E-state index in [4.69, 9.17) is 14.2 Å². The third kappa shape index (κ3) is 4.59. The first-order chi connectivity index (χ1) is 12.6. The van der Waals surface area contributed by atoms with E-state index in [9.17, 15) is 0 Å². The number of ether oxygens (including phenoxy) is 3. The molecule has 1 heterocycles. The van der Waals surface area contributed by atoms with Crippen molar-refractivity contribution in [2.75, 3.05) is 34.9 Å². The highest BCUT2D eigenvalue weighted by Crippen LogP contribution is 2.39. The molecule has 0 fully saturated rings. The van der Waals surface area contributed by atoms with Gasteiger partial charge in [-0.05, 0) is 18.6 Å². The maximum Gasteiger partial charge on any atom is 0.203 e. The van der Waals surface area contributed by atoms with Crippen molar-refractivity contribution in [2.24, 2.45) is 12.0 Å². The molecular weight excluding hydrogens is 334 g/mol. The van der Waals surface area contributed by atoms with Crippen LogP contribution in [0, 0.1) is 0 Å².